The summed E-state index contributed by atoms with van der Waals surface area (Å²) >= 11 is 0. The molecule has 80 valence electrons. The third-order valence-corrected chi connectivity index (χ3v) is 3.82. The van der Waals surface area contributed by atoms with Crippen molar-refractivity contribution in [2.45, 2.75) is 51.4 Å². The lowest BCUT2D eigenvalue weighted by Gasteiger charge is -2.29. The van der Waals surface area contributed by atoms with E-state index in [0.29, 0.717) is 5.92 Å². The highest BCUT2D eigenvalue weighted by atomic mass is 14.9. The van der Waals surface area contributed by atoms with E-state index < -0.39 is 0 Å². The van der Waals surface area contributed by atoms with Crippen LogP contribution >= 0.6 is 0 Å². The van der Waals surface area contributed by atoms with Gasteiger partial charge in [0, 0.05) is 12.5 Å². The van der Waals surface area contributed by atoms with E-state index in [9.17, 15) is 0 Å². The second kappa shape index (κ2) is 4.81. The van der Waals surface area contributed by atoms with Gasteiger partial charge in [0.25, 0.3) is 0 Å². The number of amidine groups is 1. The van der Waals surface area contributed by atoms with Gasteiger partial charge in [-0.2, -0.15) is 0 Å². The largest absolute Gasteiger partial charge is 0.387 e. The number of aliphatic imine (C=N–C) groups is 1. The average Bonchev–Trinajstić information content (AvgIpc) is 2.44. The standard InChI is InChI=1S/C12H22N2/c13-12-11(8-4-5-9-14-12)10-6-2-1-3-7-10/h10-11H,1-9H2,(H2,13,14). The summed E-state index contributed by atoms with van der Waals surface area (Å²) in [5.41, 5.74) is 6.06. The molecule has 2 nitrogen and oxygen atoms in total. The van der Waals surface area contributed by atoms with Gasteiger partial charge in [0.05, 0.1) is 5.84 Å². The van der Waals surface area contributed by atoms with Crippen LogP contribution < -0.4 is 5.73 Å². The predicted octanol–water partition coefficient (Wildman–Crippen LogP) is 2.72. The number of hydrogen-bond acceptors (Lipinski definition) is 2. The molecular weight excluding hydrogens is 172 g/mol. The predicted molar refractivity (Wildman–Crippen MR) is 60.4 cm³/mol. The van der Waals surface area contributed by atoms with Crippen LogP contribution in [0.15, 0.2) is 4.99 Å². The minimum atomic E-state index is 0.623. The normalized spacial score (nSPS) is 30.9. The molecule has 1 atom stereocenters. The summed E-state index contributed by atoms with van der Waals surface area (Å²) in [6.07, 6.45) is 10.9. The van der Waals surface area contributed by atoms with Crippen molar-refractivity contribution < 1.29 is 0 Å². The van der Waals surface area contributed by atoms with Gasteiger partial charge in [0.15, 0.2) is 0 Å². The summed E-state index contributed by atoms with van der Waals surface area (Å²) < 4.78 is 0. The maximum Gasteiger partial charge on any atom is 0.0971 e. The molecule has 1 aliphatic carbocycles. The van der Waals surface area contributed by atoms with Crippen molar-refractivity contribution in [1.29, 1.82) is 0 Å². The van der Waals surface area contributed by atoms with Crippen molar-refractivity contribution >= 4 is 5.84 Å². The van der Waals surface area contributed by atoms with Crippen LogP contribution in [0.5, 0.6) is 0 Å². The molecule has 2 heteroatoms. The number of nitrogens with two attached hydrogens (primary N) is 1. The molecule has 2 rings (SSSR count). The molecule has 0 saturated heterocycles. The number of hydrogen-bond donors (Lipinski definition) is 1. The van der Waals surface area contributed by atoms with Gasteiger partial charge >= 0.3 is 0 Å². The summed E-state index contributed by atoms with van der Waals surface area (Å²) in [6, 6.07) is 0. The second-order valence-electron chi connectivity index (χ2n) is 4.81. The van der Waals surface area contributed by atoms with Crippen molar-refractivity contribution in [2.75, 3.05) is 6.54 Å². The topological polar surface area (TPSA) is 38.4 Å². The number of nitrogens with zero attached hydrogens (tertiary/aromatic N) is 1. The van der Waals surface area contributed by atoms with Gasteiger partial charge in [-0.3, -0.25) is 4.99 Å². The maximum atomic E-state index is 6.06. The summed E-state index contributed by atoms with van der Waals surface area (Å²) in [7, 11) is 0. The lowest BCUT2D eigenvalue weighted by atomic mass is 9.77. The van der Waals surface area contributed by atoms with Crippen molar-refractivity contribution in [1.82, 2.24) is 0 Å². The van der Waals surface area contributed by atoms with Gasteiger partial charge in [0.2, 0.25) is 0 Å². The Morgan fingerprint density at radius 1 is 0.929 bits per heavy atom. The van der Waals surface area contributed by atoms with E-state index in [1.807, 2.05) is 0 Å². The molecule has 1 heterocycles. The van der Waals surface area contributed by atoms with E-state index in [4.69, 9.17) is 5.73 Å². The van der Waals surface area contributed by atoms with Gasteiger partial charge in [-0.15, -0.1) is 0 Å². The molecule has 0 aromatic rings. The fraction of sp³-hybridized carbons (Fsp3) is 0.917. The van der Waals surface area contributed by atoms with Crippen LogP contribution in [0.2, 0.25) is 0 Å². The Hall–Kier alpha value is -0.530. The van der Waals surface area contributed by atoms with Crippen LogP contribution in [0, 0.1) is 11.8 Å². The zero-order chi connectivity index (χ0) is 9.80. The lowest BCUT2D eigenvalue weighted by molar-refractivity contribution is 0.286. The van der Waals surface area contributed by atoms with E-state index in [0.717, 1.165) is 18.3 Å². The molecule has 0 bridgehead atoms. The molecule has 2 aliphatic rings. The minimum Gasteiger partial charge on any atom is -0.387 e. The Morgan fingerprint density at radius 3 is 2.43 bits per heavy atom. The first-order valence-electron chi connectivity index (χ1n) is 6.18. The summed E-state index contributed by atoms with van der Waals surface area (Å²) in [6.45, 7) is 0.967. The van der Waals surface area contributed by atoms with Crippen LogP contribution in [-0.4, -0.2) is 12.4 Å². The van der Waals surface area contributed by atoms with Crippen molar-refractivity contribution in [2.24, 2.45) is 22.6 Å². The molecule has 1 fully saturated rings. The lowest BCUT2D eigenvalue weighted by Crippen LogP contribution is -2.31. The fourth-order valence-corrected chi connectivity index (χ4v) is 2.96. The van der Waals surface area contributed by atoms with Crippen LogP contribution in [0.4, 0.5) is 0 Å². The van der Waals surface area contributed by atoms with E-state index in [1.165, 1.54) is 51.4 Å². The Kier molecular flexibility index (Phi) is 3.44. The van der Waals surface area contributed by atoms with Crippen LogP contribution in [0.25, 0.3) is 0 Å². The maximum absolute atomic E-state index is 6.06. The Labute approximate surface area is 87.0 Å². The highest BCUT2D eigenvalue weighted by molar-refractivity contribution is 5.83. The third-order valence-electron chi connectivity index (χ3n) is 3.82. The van der Waals surface area contributed by atoms with Gasteiger partial charge in [-0.1, -0.05) is 25.7 Å². The second-order valence-corrected chi connectivity index (χ2v) is 4.81. The Balaban J connectivity index is 1.98. The van der Waals surface area contributed by atoms with E-state index in [1.54, 1.807) is 0 Å². The van der Waals surface area contributed by atoms with Crippen molar-refractivity contribution in [3.05, 3.63) is 0 Å². The van der Waals surface area contributed by atoms with E-state index >= 15 is 0 Å². The highest BCUT2D eigenvalue weighted by Gasteiger charge is 2.26. The Morgan fingerprint density at radius 2 is 1.64 bits per heavy atom. The zero-order valence-corrected chi connectivity index (χ0v) is 9.04. The quantitative estimate of drug-likeness (QED) is 0.685. The van der Waals surface area contributed by atoms with Gasteiger partial charge in [-0.05, 0) is 31.6 Å². The van der Waals surface area contributed by atoms with Crippen molar-refractivity contribution in [3.8, 4) is 0 Å². The highest BCUT2D eigenvalue weighted by Crippen LogP contribution is 2.33. The van der Waals surface area contributed by atoms with Gasteiger partial charge < -0.3 is 5.73 Å². The van der Waals surface area contributed by atoms with Crippen LogP contribution in [-0.2, 0) is 0 Å². The van der Waals surface area contributed by atoms with E-state index in [-0.39, 0.29) is 0 Å². The first-order chi connectivity index (χ1) is 6.88. The molecule has 1 saturated carbocycles. The third kappa shape index (κ3) is 2.28. The molecular formula is C12H22N2. The smallest absolute Gasteiger partial charge is 0.0971 e. The minimum absolute atomic E-state index is 0.623. The number of rotatable bonds is 1. The van der Waals surface area contributed by atoms with Gasteiger partial charge in [-0.25, -0.2) is 0 Å². The summed E-state index contributed by atoms with van der Waals surface area (Å²) in [5.74, 6) is 2.44. The summed E-state index contributed by atoms with van der Waals surface area (Å²) in [5, 5.41) is 0. The SMILES string of the molecule is NC1=NCCCCC1C1CCCCC1. The Bertz CT molecular complexity index is 204. The molecule has 14 heavy (non-hydrogen) atoms. The fourth-order valence-electron chi connectivity index (χ4n) is 2.96. The van der Waals surface area contributed by atoms with Gasteiger partial charge in [0.1, 0.15) is 0 Å². The summed E-state index contributed by atoms with van der Waals surface area (Å²) in [4.78, 5) is 4.47. The first kappa shape index (κ1) is 10.0. The first-order valence-corrected chi connectivity index (χ1v) is 6.18. The molecule has 0 aromatic carbocycles. The molecule has 1 unspecified atom stereocenters. The van der Waals surface area contributed by atoms with Crippen LogP contribution in [0.1, 0.15) is 51.4 Å². The zero-order valence-electron chi connectivity index (χ0n) is 9.04. The molecule has 0 spiro atoms. The monoisotopic (exact) mass is 194 g/mol. The molecule has 1 aliphatic heterocycles. The van der Waals surface area contributed by atoms with Crippen molar-refractivity contribution in [3.63, 3.8) is 0 Å². The average molecular weight is 194 g/mol. The molecule has 0 aromatic heterocycles. The van der Waals surface area contributed by atoms with E-state index in [2.05, 4.69) is 4.99 Å². The molecule has 0 amide bonds. The molecule has 0 radical (unpaired) electrons. The molecule has 2 N–H and O–H groups in total. The van der Waals surface area contributed by atoms with Crippen LogP contribution in [0.3, 0.4) is 0 Å².